The Labute approximate surface area is 151 Å². The Kier molecular flexibility index (Phi) is 6.27. The van der Waals surface area contributed by atoms with E-state index >= 15 is 0 Å². The molecular formula is C17H22N4O3S. The van der Waals surface area contributed by atoms with Crippen molar-refractivity contribution in [1.29, 1.82) is 0 Å². The fourth-order valence-corrected chi connectivity index (χ4v) is 3.48. The van der Waals surface area contributed by atoms with Crippen molar-refractivity contribution in [3.8, 4) is 11.4 Å². The zero-order valence-electron chi connectivity index (χ0n) is 14.3. The van der Waals surface area contributed by atoms with Crippen LogP contribution in [0.1, 0.15) is 39.0 Å². The van der Waals surface area contributed by atoms with Gasteiger partial charge in [-0.3, -0.25) is 4.79 Å². The molecule has 2 aromatic rings. The highest BCUT2D eigenvalue weighted by Crippen LogP contribution is 2.23. The molecule has 1 saturated carbocycles. The van der Waals surface area contributed by atoms with Crippen LogP contribution in [-0.2, 0) is 9.53 Å². The van der Waals surface area contributed by atoms with Crippen LogP contribution in [0.25, 0.3) is 5.69 Å². The molecule has 3 rings (SSSR count). The van der Waals surface area contributed by atoms with Crippen LogP contribution in [0.3, 0.4) is 0 Å². The van der Waals surface area contributed by atoms with Crippen LogP contribution in [0.15, 0.2) is 29.4 Å². The molecule has 8 heteroatoms. The van der Waals surface area contributed by atoms with E-state index in [9.17, 15) is 4.79 Å². The lowest BCUT2D eigenvalue weighted by atomic mass is 9.98. The maximum atomic E-state index is 12.0. The molecule has 1 aliphatic rings. The van der Waals surface area contributed by atoms with E-state index in [1.54, 1.807) is 4.68 Å². The van der Waals surface area contributed by atoms with Gasteiger partial charge in [0.25, 0.3) is 0 Å². The van der Waals surface area contributed by atoms with Crippen LogP contribution in [-0.4, -0.2) is 44.6 Å². The van der Waals surface area contributed by atoms with Crippen LogP contribution in [0.4, 0.5) is 0 Å². The molecule has 0 N–H and O–H groups in total. The first kappa shape index (κ1) is 17.7. The van der Waals surface area contributed by atoms with E-state index < -0.39 is 0 Å². The number of nitrogens with zero attached hydrogens (tertiary/aromatic N) is 4. The Hall–Kier alpha value is -2.09. The van der Waals surface area contributed by atoms with Crippen molar-refractivity contribution in [2.24, 2.45) is 0 Å². The van der Waals surface area contributed by atoms with Gasteiger partial charge in [-0.25, -0.2) is 0 Å². The molecule has 1 aromatic heterocycles. The fraction of sp³-hybridized carbons (Fsp3) is 0.529. The normalized spacial score (nSPS) is 15.1. The summed E-state index contributed by atoms with van der Waals surface area (Å²) in [6, 6.07) is 7.50. The minimum atomic E-state index is -0.210. The minimum absolute atomic E-state index is 0.0731. The molecule has 0 unspecified atom stereocenters. The summed E-state index contributed by atoms with van der Waals surface area (Å²) in [5, 5.41) is 12.3. The predicted octanol–water partition coefficient (Wildman–Crippen LogP) is 3.03. The second-order valence-corrected chi connectivity index (χ2v) is 6.78. The maximum absolute atomic E-state index is 12.0. The predicted molar refractivity (Wildman–Crippen MR) is 94.0 cm³/mol. The molecule has 1 aromatic carbocycles. The number of esters is 1. The number of hydrogen-bond donors (Lipinski definition) is 0. The Balaban J connectivity index is 1.56. The van der Waals surface area contributed by atoms with Gasteiger partial charge in [-0.05, 0) is 67.3 Å². The second kappa shape index (κ2) is 8.84. The standard InChI is InChI=1S/C17H22N4O3S/c1-2-23-14-10-8-13(9-11-14)21-17(18-19-20-21)25-12-16(22)24-15-6-4-3-5-7-15/h8-11,15H,2-7,12H2,1H3. The molecule has 25 heavy (non-hydrogen) atoms. The van der Waals surface area contributed by atoms with E-state index in [4.69, 9.17) is 9.47 Å². The summed E-state index contributed by atoms with van der Waals surface area (Å²) in [6.45, 7) is 2.56. The SMILES string of the molecule is CCOc1ccc(-n2nnnc2SCC(=O)OC2CCCCC2)cc1. The number of carbonyl (C=O) groups is 1. The van der Waals surface area contributed by atoms with Crippen molar-refractivity contribution in [2.45, 2.75) is 50.3 Å². The quantitative estimate of drug-likeness (QED) is 0.553. The van der Waals surface area contributed by atoms with Gasteiger partial charge in [-0.1, -0.05) is 18.2 Å². The summed E-state index contributed by atoms with van der Waals surface area (Å²) in [4.78, 5) is 12.0. The zero-order valence-corrected chi connectivity index (χ0v) is 15.1. The molecule has 1 fully saturated rings. The summed E-state index contributed by atoms with van der Waals surface area (Å²) < 4.78 is 12.6. The largest absolute Gasteiger partial charge is 0.494 e. The first-order chi connectivity index (χ1) is 12.3. The second-order valence-electron chi connectivity index (χ2n) is 5.84. The van der Waals surface area contributed by atoms with Gasteiger partial charge in [0.1, 0.15) is 11.9 Å². The van der Waals surface area contributed by atoms with Crippen LogP contribution < -0.4 is 4.74 Å². The van der Waals surface area contributed by atoms with Gasteiger partial charge in [0, 0.05) is 0 Å². The summed E-state index contributed by atoms with van der Waals surface area (Å²) in [7, 11) is 0. The van der Waals surface area contributed by atoms with Crippen LogP contribution in [0.2, 0.25) is 0 Å². The third-order valence-corrected chi connectivity index (χ3v) is 4.90. The molecule has 0 atom stereocenters. The van der Waals surface area contributed by atoms with Crippen molar-refractivity contribution in [3.05, 3.63) is 24.3 Å². The summed E-state index contributed by atoms with van der Waals surface area (Å²) in [5.41, 5.74) is 0.816. The number of hydrogen-bond acceptors (Lipinski definition) is 7. The molecule has 0 aliphatic heterocycles. The Morgan fingerprint density at radius 1 is 1.24 bits per heavy atom. The number of thioether (sulfide) groups is 1. The molecule has 1 aliphatic carbocycles. The van der Waals surface area contributed by atoms with Gasteiger partial charge in [-0.15, -0.1) is 5.10 Å². The van der Waals surface area contributed by atoms with Crippen LogP contribution in [0, 0.1) is 0 Å². The summed E-state index contributed by atoms with van der Waals surface area (Å²) in [5.74, 6) is 0.788. The van der Waals surface area contributed by atoms with E-state index in [1.807, 2.05) is 31.2 Å². The van der Waals surface area contributed by atoms with E-state index in [0.717, 1.165) is 37.1 Å². The number of ether oxygens (including phenoxy) is 2. The van der Waals surface area contributed by atoms with Crippen LogP contribution >= 0.6 is 11.8 Å². The third kappa shape index (κ3) is 4.94. The molecule has 0 saturated heterocycles. The van der Waals surface area contributed by atoms with Gasteiger partial charge >= 0.3 is 5.97 Å². The van der Waals surface area contributed by atoms with Crippen molar-refractivity contribution < 1.29 is 14.3 Å². The van der Waals surface area contributed by atoms with Crippen molar-refractivity contribution in [3.63, 3.8) is 0 Å². The molecule has 0 spiro atoms. The average Bonchev–Trinajstić information content (AvgIpc) is 3.10. The topological polar surface area (TPSA) is 79.1 Å². The van der Waals surface area contributed by atoms with Gasteiger partial charge in [0.15, 0.2) is 0 Å². The molecular weight excluding hydrogens is 340 g/mol. The summed E-state index contributed by atoms with van der Waals surface area (Å²) in [6.07, 6.45) is 5.53. The lowest BCUT2D eigenvalue weighted by Crippen LogP contribution is -2.22. The highest BCUT2D eigenvalue weighted by atomic mass is 32.2. The van der Waals surface area contributed by atoms with Gasteiger partial charge in [0.2, 0.25) is 5.16 Å². The lowest BCUT2D eigenvalue weighted by Gasteiger charge is -2.21. The van der Waals surface area contributed by atoms with Gasteiger partial charge in [-0.2, -0.15) is 4.68 Å². The fourth-order valence-electron chi connectivity index (χ4n) is 2.81. The number of rotatable bonds is 7. The summed E-state index contributed by atoms with van der Waals surface area (Å²) >= 11 is 1.28. The Bertz CT molecular complexity index is 683. The highest BCUT2D eigenvalue weighted by Gasteiger charge is 2.19. The first-order valence-corrected chi connectivity index (χ1v) is 9.58. The molecule has 7 nitrogen and oxygen atoms in total. The highest BCUT2D eigenvalue weighted by molar-refractivity contribution is 7.99. The third-order valence-electron chi connectivity index (χ3n) is 4.00. The van der Waals surface area contributed by atoms with Crippen molar-refractivity contribution >= 4 is 17.7 Å². The van der Waals surface area contributed by atoms with E-state index in [0.29, 0.717) is 11.8 Å². The number of tetrazole rings is 1. The van der Waals surface area contributed by atoms with Crippen LogP contribution in [0.5, 0.6) is 5.75 Å². The number of aromatic nitrogens is 4. The Morgan fingerprint density at radius 2 is 2.00 bits per heavy atom. The molecule has 0 radical (unpaired) electrons. The average molecular weight is 362 g/mol. The lowest BCUT2D eigenvalue weighted by molar-refractivity contribution is -0.147. The molecule has 0 amide bonds. The molecule has 0 bridgehead atoms. The zero-order chi connectivity index (χ0) is 17.5. The van der Waals surface area contributed by atoms with Crippen molar-refractivity contribution in [2.75, 3.05) is 12.4 Å². The van der Waals surface area contributed by atoms with Gasteiger partial charge < -0.3 is 9.47 Å². The monoisotopic (exact) mass is 362 g/mol. The van der Waals surface area contributed by atoms with E-state index in [-0.39, 0.29) is 17.8 Å². The molecule has 134 valence electrons. The smallest absolute Gasteiger partial charge is 0.316 e. The number of carbonyl (C=O) groups excluding carboxylic acids is 1. The minimum Gasteiger partial charge on any atom is -0.494 e. The van der Waals surface area contributed by atoms with Crippen molar-refractivity contribution in [1.82, 2.24) is 20.2 Å². The van der Waals surface area contributed by atoms with E-state index in [2.05, 4.69) is 15.5 Å². The number of benzene rings is 1. The molecule has 1 heterocycles. The van der Waals surface area contributed by atoms with E-state index in [1.165, 1.54) is 18.2 Å². The Morgan fingerprint density at radius 3 is 2.72 bits per heavy atom. The van der Waals surface area contributed by atoms with Gasteiger partial charge in [0.05, 0.1) is 18.0 Å². The first-order valence-electron chi connectivity index (χ1n) is 8.60. The maximum Gasteiger partial charge on any atom is 0.316 e.